The first-order valence-corrected chi connectivity index (χ1v) is 9.37. The number of allylic oxidation sites excluding steroid dienone is 1. The summed E-state index contributed by atoms with van der Waals surface area (Å²) >= 11 is 6.55. The molecule has 122 valence electrons. The van der Waals surface area contributed by atoms with E-state index in [4.69, 9.17) is 11.6 Å². The number of ketones is 1. The van der Waals surface area contributed by atoms with E-state index in [-0.39, 0.29) is 22.3 Å². The van der Waals surface area contributed by atoms with E-state index >= 15 is 0 Å². The molecule has 3 saturated carbocycles. The highest BCUT2D eigenvalue weighted by Crippen LogP contribution is 2.64. The number of fused-ring (bicyclic) bond motifs is 5. The summed E-state index contributed by atoms with van der Waals surface area (Å²) in [5, 5.41) is 9.93. The lowest BCUT2D eigenvalue weighted by atomic mass is 9.48. The van der Waals surface area contributed by atoms with Crippen molar-refractivity contribution in [3.05, 3.63) is 11.6 Å². The highest BCUT2D eigenvalue weighted by Gasteiger charge is 2.59. The molecule has 0 aromatic heterocycles. The number of halogens is 1. The number of hydrogen-bond donors (Lipinski definition) is 1. The van der Waals surface area contributed by atoms with Gasteiger partial charge in [-0.2, -0.15) is 0 Å². The van der Waals surface area contributed by atoms with Crippen LogP contribution in [-0.2, 0) is 4.79 Å². The van der Waals surface area contributed by atoms with Crippen LogP contribution in [0.4, 0.5) is 0 Å². The van der Waals surface area contributed by atoms with Crippen molar-refractivity contribution in [2.24, 2.45) is 28.6 Å². The molecule has 4 aliphatic rings. The third kappa shape index (κ3) is 1.80. The molecule has 3 fully saturated rings. The van der Waals surface area contributed by atoms with E-state index in [1.807, 2.05) is 0 Å². The van der Waals surface area contributed by atoms with Crippen LogP contribution in [0.25, 0.3) is 0 Å². The number of carbonyl (C=O) groups excluding carboxylic acids is 1. The van der Waals surface area contributed by atoms with Gasteiger partial charge in [-0.05, 0) is 67.3 Å². The first-order valence-electron chi connectivity index (χ1n) is 8.94. The van der Waals surface area contributed by atoms with E-state index in [1.54, 1.807) is 0 Å². The van der Waals surface area contributed by atoms with Crippen molar-refractivity contribution in [1.82, 2.24) is 0 Å². The number of Topliss-reactive ketones (excluding diaryl/α,β-unsaturated/α-hetero) is 1. The summed E-state index contributed by atoms with van der Waals surface area (Å²) in [6, 6.07) is 0. The predicted octanol–water partition coefficient (Wildman–Crippen LogP) is 4.10. The fourth-order valence-electron chi connectivity index (χ4n) is 6.45. The topological polar surface area (TPSA) is 37.3 Å². The van der Waals surface area contributed by atoms with Gasteiger partial charge < -0.3 is 5.11 Å². The Labute approximate surface area is 138 Å². The van der Waals surface area contributed by atoms with Gasteiger partial charge in [0, 0.05) is 11.8 Å². The van der Waals surface area contributed by atoms with Gasteiger partial charge in [-0.1, -0.05) is 19.9 Å². The Hall–Kier alpha value is -0.340. The Morgan fingerprint density at radius 3 is 2.59 bits per heavy atom. The van der Waals surface area contributed by atoms with Crippen molar-refractivity contribution < 1.29 is 9.90 Å². The lowest BCUT2D eigenvalue weighted by Crippen LogP contribution is -2.52. The molecule has 3 heteroatoms. The van der Waals surface area contributed by atoms with E-state index in [0.717, 1.165) is 44.9 Å². The van der Waals surface area contributed by atoms with Crippen LogP contribution in [0.15, 0.2) is 11.6 Å². The third-order valence-corrected chi connectivity index (χ3v) is 8.35. The normalized spacial score (nSPS) is 54.3. The Morgan fingerprint density at radius 1 is 1.14 bits per heavy atom. The molecule has 0 saturated heterocycles. The fraction of sp³-hybridized carbons (Fsp3) is 0.842. The maximum atomic E-state index is 12.4. The van der Waals surface area contributed by atoms with Crippen molar-refractivity contribution >= 4 is 17.4 Å². The summed E-state index contributed by atoms with van der Waals surface area (Å²) < 4.78 is 0. The minimum atomic E-state index is -0.389. The molecule has 0 aromatic carbocycles. The number of aliphatic hydroxyl groups excluding tert-OH is 1. The van der Waals surface area contributed by atoms with Crippen molar-refractivity contribution in [2.75, 3.05) is 0 Å². The molecule has 1 unspecified atom stereocenters. The maximum Gasteiger partial charge on any atom is 0.139 e. The second kappa shape index (κ2) is 4.83. The fourth-order valence-corrected chi connectivity index (χ4v) is 6.91. The van der Waals surface area contributed by atoms with E-state index in [0.29, 0.717) is 23.5 Å². The quantitative estimate of drug-likeness (QED) is 0.538. The predicted molar refractivity (Wildman–Crippen MR) is 87.7 cm³/mol. The van der Waals surface area contributed by atoms with Crippen LogP contribution in [0.3, 0.4) is 0 Å². The molecule has 2 nitrogen and oxygen atoms in total. The number of alkyl halides is 1. The third-order valence-electron chi connectivity index (χ3n) is 7.83. The largest absolute Gasteiger partial charge is 0.391 e. The Kier molecular flexibility index (Phi) is 3.34. The monoisotopic (exact) mass is 322 g/mol. The minimum absolute atomic E-state index is 0.0581. The van der Waals surface area contributed by atoms with Gasteiger partial charge in [-0.25, -0.2) is 0 Å². The average Bonchev–Trinajstić information content (AvgIpc) is 2.79. The van der Waals surface area contributed by atoms with Crippen molar-refractivity contribution in [3.63, 3.8) is 0 Å². The molecule has 22 heavy (non-hydrogen) atoms. The van der Waals surface area contributed by atoms with Gasteiger partial charge in [0.25, 0.3) is 0 Å². The number of hydrogen-bond acceptors (Lipinski definition) is 2. The molecule has 1 N–H and O–H groups in total. The van der Waals surface area contributed by atoms with E-state index in [9.17, 15) is 9.90 Å². The van der Waals surface area contributed by atoms with Gasteiger partial charge in [0.05, 0.1) is 11.5 Å². The standard InChI is InChI=1S/C19H27ClO2/c1-18-10-8-15(21)17(20)14(18)4-3-11-12-5-6-16(22)19(12,2)9-7-13(11)18/h4,11-13,15,17,21H,3,5-10H2,1-2H3/t11-,12-,13-,15-,17?,18+,19-/m0/s1. The van der Waals surface area contributed by atoms with Crippen LogP contribution in [0.1, 0.15) is 58.8 Å². The summed E-state index contributed by atoms with van der Waals surface area (Å²) in [6.07, 6.45) is 8.92. The molecule has 0 amide bonds. The summed E-state index contributed by atoms with van der Waals surface area (Å²) in [5.74, 6) is 2.35. The lowest BCUT2D eigenvalue weighted by molar-refractivity contribution is -0.131. The van der Waals surface area contributed by atoms with Crippen LogP contribution >= 0.6 is 11.6 Å². The van der Waals surface area contributed by atoms with E-state index in [2.05, 4.69) is 19.9 Å². The Morgan fingerprint density at radius 2 is 1.82 bits per heavy atom. The van der Waals surface area contributed by atoms with Crippen LogP contribution in [0, 0.1) is 28.6 Å². The van der Waals surface area contributed by atoms with Crippen LogP contribution < -0.4 is 0 Å². The molecule has 0 aliphatic heterocycles. The molecule has 0 heterocycles. The summed E-state index contributed by atoms with van der Waals surface area (Å²) in [6.45, 7) is 4.59. The number of carbonyl (C=O) groups is 1. The van der Waals surface area contributed by atoms with Crippen molar-refractivity contribution in [3.8, 4) is 0 Å². The molecule has 7 atom stereocenters. The molecule has 0 bridgehead atoms. The van der Waals surface area contributed by atoms with E-state index in [1.165, 1.54) is 5.57 Å². The second-order valence-electron chi connectivity index (χ2n) is 8.62. The van der Waals surface area contributed by atoms with Crippen LogP contribution in [0.5, 0.6) is 0 Å². The van der Waals surface area contributed by atoms with Gasteiger partial charge >= 0.3 is 0 Å². The van der Waals surface area contributed by atoms with Crippen molar-refractivity contribution in [2.45, 2.75) is 70.3 Å². The highest BCUT2D eigenvalue weighted by atomic mass is 35.5. The molecule has 4 rings (SSSR count). The molecule has 0 radical (unpaired) electrons. The Balaban J connectivity index is 1.71. The zero-order valence-corrected chi connectivity index (χ0v) is 14.4. The second-order valence-corrected chi connectivity index (χ2v) is 9.09. The smallest absolute Gasteiger partial charge is 0.139 e. The SMILES string of the molecule is C[C@]12CC[C@H](O)C(Cl)C1=CC[C@@H]1[C@@H]2CC[C@]2(C)C(=O)CC[C@@H]12. The Bertz CT molecular complexity index is 542. The van der Waals surface area contributed by atoms with Gasteiger partial charge in [0.2, 0.25) is 0 Å². The maximum absolute atomic E-state index is 12.4. The average molecular weight is 323 g/mol. The van der Waals surface area contributed by atoms with Crippen LogP contribution in [-0.4, -0.2) is 22.4 Å². The zero-order valence-electron chi connectivity index (χ0n) is 13.6. The van der Waals surface area contributed by atoms with Gasteiger partial charge in [0.15, 0.2) is 0 Å². The number of rotatable bonds is 0. The highest BCUT2D eigenvalue weighted by molar-refractivity contribution is 6.23. The van der Waals surface area contributed by atoms with Gasteiger partial charge in [-0.15, -0.1) is 11.6 Å². The van der Waals surface area contributed by atoms with Crippen LogP contribution in [0.2, 0.25) is 0 Å². The summed E-state index contributed by atoms with van der Waals surface area (Å²) in [4.78, 5) is 12.4. The zero-order chi connectivity index (χ0) is 15.7. The summed E-state index contributed by atoms with van der Waals surface area (Å²) in [7, 11) is 0. The minimum Gasteiger partial charge on any atom is -0.391 e. The first-order chi connectivity index (χ1) is 10.4. The van der Waals surface area contributed by atoms with Gasteiger partial charge in [0.1, 0.15) is 5.78 Å². The summed E-state index contributed by atoms with van der Waals surface area (Å²) in [5.41, 5.74) is 1.38. The molecule has 0 aromatic rings. The molecular formula is C19H27ClO2. The molecule has 4 aliphatic carbocycles. The van der Waals surface area contributed by atoms with Crippen molar-refractivity contribution in [1.29, 1.82) is 0 Å². The molecular weight excluding hydrogens is 296 g/mol. The van der Waals surface area contributed by atoms with E-state index < -0.39 is 0 Å². The first kappa shape index (κ1) is 15.2. The van der Waals surface area contributed by atoms with Gasteiger partial charge in [-0.3, -0.25) is 4.79 Å². The molecule has 0 spiro atoms. The lowest BCUT2D eigenvalue weighted by Gasteiger charge is -2.57. The number of aliphatic hydroxyl groups is 1.